The van der Waals surface area contributed by atoms with Gasteiger partial charge in [0.05, 0.1) is 19.4 Å². The zero-order valence-corrected chi connectivity index (χ0v) is 21.6. The quantitative estimate of drug-likeness (QED) is 0.247. The zero-order valence-electron chi connectivity index (χ0n) is 21.6. The summed E-state index contributed by atoms with van der Waals surface area (Å²) in [5, 5.41) is 7.45. The third-order valence-electron chi connectivity index (χ3n) is 6.15. The maximum absolute atomic E-state index is 13.2. The van der Waals surface area contributed by atoms with Gasteiger partial charge in [0.1, 0.15) is 11.6 Å². The highest BCUT2D eigenvalue weighted by molar-refractivity contribution is 6.04. The van der Waals surface area contributed by atoms with E-state index in [0.29, 0.717) is 30.1 Å². The van der Waals surface area contributed by atoms with Crippen molar-refractivity contribution in [3.63, 3.8) is 0 Å². The van der Waals surface area contributed by atoms with Gasteiger partial charge in [0.25, 0.3) is 5.91 Å². The first-order valence-corrected chi connectivity index (χ1v) is 12.5. The van der Waals surface area contributed by atoms with Gasteiger partial charge in [-0.05, 0) is 73.2 Å². The highest BCUT2D eigenvalue weighted by atomic mass is 19.1. The van der Waals surface area contributed by atoms with E-state index >= 15 is 0 Å². The Morgan fingerprint density at radius 1 is 0.897 bits per heavy atom. The fraction of sp³-hybridized carbons (Fsp3) is 0.129. The van der Waals surface area contributed by atoms with E-state index in [-0.39, 0.29) is 11.9 Å². The fourth-order valence-corrected chi connectivity index (χ4v) is 3.97. The molecule has 0 radical (unpaired) electrons. The minimum absolute atomic E-state index is 0.271. The maximum Gasteiger partial charge on any atom is 0.336 e. The number of anilines is 1. The number of methoxy groups -OCH3 is 1. The second-order valence-corrected chi connectivity index (χ2v) is 8.95. The number of halogens is 1. The molecule has 1 aromatic heterocycles. The molecular weight excluding hydrogens is 495 g/mol. The van der Waals surface area contributed by atoms with Gasteiger partial charge in [-0.1, -0.05) is 42.0 Å². The lowest BCUT2D eigenvalue weighted by Crippen LogP contribution is -2.11. The highest BCUT2D eigenvalue weighted by Crippen LogP contribution is 2.25. The normalized spacial score (nSPS) is 10.7. The third kappa shape index (κ3) is 6.30. The van der Waals surface area contributed by atoms with Crippen LogP contribution >= 0.6 is 0 Å². The average molecular weight is 523 g/mol. The predicted octanol–water partition coefficient (Wildman–Crippen LogP) is 6.26. The Morgan fingerprint density at radius 2 is 1.59 bits per heavy atom. The van der Waals surface area contributed by atoms with E-state index in [4.69, 9.17) is 9.47 Å². The number of hydrogen-bond acceptors (Lipinski definition) is 5. The van der Waals surface area contributed by atoms with Crippen LogP contribution in [0.4, 0.5) is 10.1 Å². The summed E-state index contributed by atoms with van der Waals surface area (Å²) in [4.78, 5) is 17.2. The Hall–Kier alpha value is -4.98. The molecule has 0 aliphatic heterocycles. The first kappa shape index (κ1) is 25.7. The van der Waals surface area contributed by atoms with E-state index < -0.39 is 5.82 Å². The average Bonchev–Trinajstić information content (AvgIpc) is 3.38. The number of carbonyl (C=O) groups is 1. The number of rotatable bonds is 9. The molecule has 0 spiro atoms. The molecule has 5 rings (SSSR count). The molecule has 0 saturated heterocycles. The van der Waals surface area contributed by atoms with Crippen LogP contribution in [0.25, 0.3) is 17.1 Å². The van der Waals surface area contributed by atoms with Crippen molar-refractivity contribution in [1.29, 1.82) is 0 Å². The Morgan fingerprint density at radius 3 is 2.26 bits per heavy atom. The number of nitrogens with zero attached hydrogens (tertiary/aromatic N) is 3. The summed E-state index contributed by atoms with van der Waals surface area (Å²) >= 11 is 0. The predicted molar refractivity (Wildman–Crippen MR) is 148 cm³/mol. The summed E-state index contributed by atoms with van der Waals surface area (Å²) < 4.78 is 26.0. The number of aryl methyl sites for hydroxylation is 1. The molecule has 4 aromatic carbocycles. The number of aromatic nitrogens is 3. The molecule has 1 N–H and O–H groups in total. The number of amides is 1. The molecule has 0 aliphatic carbocycles. The monoisotopic (exact) mass is 522 g/mol. The number of carbonyl (C=O) groups excluding carboxylic acids is 1. The first-order chi connectivity index (χ1) is 19.0. The van der Waals surface area contributed by atoms with Gasteiger partial charge >= 0.3 is 6.01 Å². The van der Waals surface area contributed by atoms with Crippen LogP contribution in [0.5, 0.6) is 11.8 Å². The summed E-state index contributed by atoms with van der Waals surface area (Å²) in [5.41, 5.74) is 4.87. The summed E-state index contributed by atoms with van der Waals surface area (Å²) in [5.74, 6) is 0.731. The van der Waals surface area contributed by atoms with Gasteiger partial charge in [0.15, 0.2) is 5.82 Å². The van der Waals surface area contributed by atoms with Gasteiger partial charge in [-0.15, -0.1) is 5.10 Å². The Bertz CT molecular complexity index is 1550. The molecule has 1 heterocycles. The lowest BCUT2D eigenvalue weighted by molar-refractivity contribution is 0.102. The van der Waals surface area contributed by atoms with E-state index in [1.165, 1.54) is 24.3 Å². The van der Waals surface area contributed by atoms with Crippen LogP contribution in [0, 0.1) is 12.7 Å². The van der Waals surface area contributed by atoms with Crippen LogP contribution in [0.2, 0.25) is 0 Å². The molecule has 39 heavy (non-hydrogen) atoms. The Balaban J connectivity index is 1.34. The number of nitrogens with one attached hydrogen (secondary N) is 1. The molecule has 0 atom stereocenters. The van der Waals surface area contributed by atoms with Gasteiger partial charge in [0, 0.05) is 23.2 Å². The first-order valence-electron chi connectivity index (χ1n) is 12.5. The van der Waals surface area contributed by atoms with Crippen LogP contribution in [0.15, 0.2) is 97.1 Å². The SMILES string of the molecule is COc1ccc(CCOc2nc(-c3ccc(C)cc3)n(-c3ccc(NC(=O)c4ccc(F)cc4)cc3)n2)cc1. The zero-order chi connectivity index (χ0) is 27.2. The Labute approximate surface area is 225 Å². The number of hydrogen-bond donors (Lipinski definition) is 1. The van der Waals surface area contributed by atoms with Crippen molar-refractivity contribution in [3.05, 3.63) is 120 Å². The summed E-state index contributed by atoms with van der Waals surface area (Å²) in [6.07, 6.45) is 0.695. The second kappa shape index (κ2) is 11.6. The molecule has 8 heteroatoms. The minimum atomic E-state index is -0.391. The molecule has 196 valence electrons. The number of benzene rings is 4. The van der Waals surface area contributed by atoms with E-state index in [0.717, 1.165) is 28.1 Å². The van der Waals surface area contributed by atoms with Crippen molar-refractivity contribution in [2.45, 2.75) is 13.3 Å². The Kier molecular flexibility index (Phi) is 7.63. The third-order valence-corrected chi connectivity index (χ3v) is 6.15. The summed E-state index contributed by atoms with van der Waals surface area (Å²) in [6, 6.07) is 28.8. The molecule has 0 aliphatic rings. The van der Waals surface area contributed by atoms with Crippen molar-refractivity contribution in [2.75, 3.05) is 19.0 Å². The fourth-order valence-electron chi connectivity index (χ4n) is 3.97. The van der Waals surface area contributed by atoms with Gasteiger partial charge < -0.3 is 14.8 Å². The molecule has 7 nitrogen and oxygen atoms in total. The van der Waals surface area contributed by atoms with E-state index in [1.807, 2.05) is 67.6 Å². The maximum atomic E-state index is 13.2. The summed E-state index contributed by atoms with van der Waals surface area (Å²) in [7, 11) is 1.64. The second-order valence-electron chi connectivity index (χ2n) is 8.95. The minimum Gasteiger partial charge on any atom is -0.497 e. The van der Waals surface area contributed by atoms with E-state index in [9.17, 15) is 9.18 Å². The van der Waals surface area contributed by atoms with Crippen molar-refractivity contribution in [1.82, 2.24) is 14.8 Å². The van der Waals surface area contributed by atoms with Gasteiger partial charge in [-0.25, -0.2) is 9.07 Å². The van der Waals surface area contributed by atoms with Crippen LogP contribution in [0.1, 0.15) is 21.5 Å². The molecule has 5 aromatic rings. The van der Waals surface area contributed by atoms with Crippen LogP contribution in [-0.4, -0.2) is 34.4 Å². The summed E-state index contributed by atoms with van der Waals surface area (Å²) in [6.45, 7) is 2.44. The van der Waals surface area contributed by atoms with Crippen molar-refractivity contribution in [3.8, 4) is 28.8 Å². The van der Waals surface area contributed by atoms with Crippen molar-refractivity contribution >= 4 is 11.6 Å². The number of ether oxygens (including phenoxy) is 2. The molecular formula is C31H27FN4O3. The van der Waals surface area contributed by atoms with Crippen molar-refractivity contribution in [2.24, 2.45) is 0 Å². The highest BCUT2D eigenvalue weighted by Gasteiger charge is 2.15. The lowest BCUT2D eigenvalue weighted by atomic mass is 10.1. The van der Waals surface area contributed by atoms with Gasteiger partial charge in [-0.3, -0.25) is 4.79 Å². The van der Waals surface area contributed by atoms with Crippen LogP contribution in [0.3, 0.4) is 0 Å². The molecule has 0 unspecified atom stereocenters. The lowest BCUT2D eigenvalue weighted by Gasteiger charge is -2.09. The van der Waals surface area contributed by atoms with Gasteiger partial charge in [0.2, 0.25) is 0 Å². The molecule has 1 amide bonds. The van der Waals surface area contributed by atoms with Crippen LogP contribution in [-0.2, 0) is 6.42 Å². The molecule has 0 saturated carbocycles. The largest absolute Gasteiger partial charge is 0.497 e. The standard InChI is InChI=1S/C31H27FN4O3/c1-21-3-7-23(8-4-21)29-34-31(39-20-19-22-5-17-28(38-2)18-6-22)35-36(29)27-15-13-26(14-16-27)33-30(37)24-9-11-25(32)12-10-24/h3-18H,19-20H2,1-2H3,(H,33,37). The van der Waals surface area contributed by atoms with Crippen molar-refractivity contribution < 1.29 is 18.7 Å². The van der Waals surface area contributed by atoms with Gasteiger partial charge in [-0.2, -0.15) is 4.98 Å². The molecule has 0 bridgehead atoms. The molecule has 0 fully saturated rings. The topological polar surface area (TPSA) is 78.3 Å². The van der Waals surface area contributed by atoms with E-state index in [2.05, 4.69) is 15.4 Å². The van der Waals surface area contributed by atoms with Crippen LogP contribution < -0.4 is 14.8 Å². The van der Waals surface area contributed by atoms with E-state index in [1.54, 1.807) is 23.9 Å². The smallest absolute Gasteiger partial charge is 0.336 e.